The van der Waals surface area contributed by atoms with E-state index in [1.807, 2.05) is 0 Å². The third-order valence-corrected chi connectivity index (χ3v) is 4.31. The van der Waals surface area contributed by atoms with Gasteiger partial charge in [0.25, 0.3) is 0 Å². The molecule has 7 heteroatoms. The van der Waals surface area contributed by atoms with Crippen molar-refractivity contribution in [3.63, 3.8) is 0 Å². The third kappa shape index (κ3) is 5.99. The van der Waals surface area contributed by atoms with E-state index in [1.165, 1.54) is 7.05 Å². The highest BCUT2D eigenvalue weighted by Crippen LogP contribution is 2.13. The summed E-state index contributed by atoms with van der Waals surface area (Å²) in [6.45, 7) is 2.19. The van der Waals surface area contributed by atoms with Gasteiger partial charge in [-0.15, -0.1) is 0 Å². The molecule has 1 atom stereocenters. The van der Waals surface area contributed by atoms with Crippen molar-refractivity contribution in [3.05, 3.63) is 0 Å². The maximum absolute atomic E-state index is 11.4. The Balaban J connectivity index is 2.08. The predicted octanol–water partition coefficient (Wildman–Crippen LogP) is -0.958. The Morgan fingerprint density at radius 1 is 1.47 bits per heavy atom. The van der Waals surface area contributed by atoms with Crippen LogP contribution in [0.1, 0.15) is 19.3 Å². The largest absolute Gasteiger partial charge is 0.355 e. The lowest BCUT2D eigenvalue weighted by molar-refractivity contribution is -0.121. The van der Waals surface area contributed by atoms with Crippen LogP contribution in [0.5, 0.6) is 0 Å². The van der Waals surface area contributed by atoms with Gasteiger partial charge >= 0.3 is 0 Å². The van der Waals surface area contributed by atoms with Gasteiger partial charge in [-0.2, -0.15) is 0 Å². The molecule has 1 aliphatic heterocycles. The monoisotopic (exact) mass is 263 g/mol. The minimum Gasteiger partial charge on any atom is -0.355 e. The second-order valence-corrected chi connectivity index (χ2v) is 6.32. The normalized spacial score (nSPS) is 20.4. The number of nitrogens with one attached hydrogen (secondary N) is 3. The fraction of sp³-hybridized carbons (Fsp3) is 0.900. The zero-order valence-electron chi connectivity index (χ0n) is 10.2. The summed E-state index contributed by atoms with van der Waals surface area (Å²) in [5.74, 6) is 0.449. The molecule has 6 nitrogen and oxygen atoms in total. The Labute approximate surface area is 103 Å². The first-order valence-electron chi connectivity index (χ1n) is 5.92. The summed E-state index contributed by atoms with van der Waals surface area (Å²) in [6.07, 6.45) is 2.48. The van der Waals surface area contributed by atoms with Gasteiger partial charge in [0.1, 0.15) is 0 Å². The Bertz CT molecular complexity index is 337. The molecule has 3 N–H and O–H groups in total. The van der Waals surface area contributed by atoms with Gasteiger partial charge in [-0.1, -0.05) is 0 Å². The third-order valence-electron chi connectivity index (χ3n) is 2.95. The van der Waals surface area contributed by atoms with Crippen LogP contribution in [-0.4, -0.2) is 46.8 Å². The number of hydrogen-bond acceptors (Lipinski definition) is 4. The van der Waals surface area contributed by atoms with E-state index in [1.54, 1.807) is 0 Å². The fourth-order valence-corrected chi connectivity index (χ4v) is 2.39. The number of sulfonamides is 1. The van der Waals surface area contributed by atoms with Crippen LogP contribution in [0.2, 0.25) is 0 Å². The number of amides is 1. The van der Waals surface area contributed by atoms with Crippen LogP contribution >= 0.6 is 0 Å². The van der Waals surface area contributed by atoms with Crippen LogP contribution < -0.4 is 15.4 Å². The van der Waals surface area contributed by atoms with Gasteiger partial charge in [-0.3, -0.25) is 4.79 Å². The molecule has 0 saturated carbocycles. The maximum atomic E-state index is 11.4. The lowest BCUT2D eigenvalue weighted by Gasteiger charge is -2.08. The predicted molar refractivity (Wildman–Crippen MR) is 66.1 cm³/mol. The Kier molecular flexibility index (Phi) is 5.87. The van der Waals surface area contributed by atoms with Crippen LogP contribution in [0.4, 0.5) is 0 Å². The Morgan fingerprint density at radius 2 is 2.24 bits per heavy atom. The molecule has 1 saturated heterocycles. The molecule has 100 valence electrons. The summed E-state index contributed by atoms with van der Waals surface area (Å²) in [7, 11) is -1.86. The highest BCUT2D eigenvalue weighted by atomic mass is 32.2. The molecule has 1 amide bonds. The van der Waals surface area contributed by atoms with E-state index in [0.29, 0.717) is 12.3 Å². The lowest BCUT2D eigenvalue weighted by Crippen LogP contribution is -2.33. The summed E-state index contributed by atoms with van der Waals surface area (Å²) < 4.78 is 24.4. The zero-order chi connectivity index (χ0) is 12.7. The molecule has 0 radical (unpaired) electrons. The molecule has 1 heterocycles. The molecule has 17 heavy (non-hydrogen) atoms. The molecular formula is C10H21N3O3S. The van der Waals surface area contributed by atoms with E-state index in [4.69, 9.17) is 0 Å². The summed E-state index contributed by atoms with van der Waals surface area (Å²) in [5.41, 5.74) is 0. The first-order chi connectivity index (χ1) is 8.03. The Morgan fingerprint density at radius 3 is 2.82 bits per heavy atom. The van der Waals surface area contributed by atoms with Crippen molar-refractivity contribution in [2.45, 2.75) is 19.3 Å². The van der Waals surface area contributed by atoms with Crippen LogP contribution in [0.3, 0.4) is 0 Å². The van der Waals surface area contributed by atoms with Crippen molar-refractivity contribution in [3.8, 4) is 0 Å². The summed E-state index contributed by atoms with van der Waals surface area (Å²) in [5, 5.41) is 5.87. The highest BCUT2D eigenvalue weighted by Gasteiger charge is 2.15. The average molecular weight is 263 g/mol. The van der Waals surface area contributed by atoms with Gasteiger partial charge in [-0.25, -0.2) is 13.1 Å². The zero-order valence-corrected chi connectivity index (χ0v) is 11.0. The summed E-state index contributed by atoms with van der Waals surface area (Å²) in [6, 6.07) is 0. The van der Waals surface area contributed by atoms with Crippen molar-refractivity contribution in [2.75, 3.05) is 32.4 Å². The van der Waals surface area contributed by atoms with Crippen LogP contribution in [0.25, 0.3) is 0 Å². The molecule has 0 bridgehead atoms. The van der Waals surface area contributed by atoms with E-state index in [-0.39, 0.29) is 18.2 Å². The van der Waals surface area contributed by atoms with Crippen molar-refractivity contribution in [2.24, 2.45) is 5.92 Å². The van der Waals surface area contributed by atoms with Crippen LogP contribution in [0.15, 0.2) is 0 Å². The molecule has 1 aliphatic rings. The molecule has 1 fully saturated rings. The van der Waals surface area contributed by atoms with Gasteiger partial charge < -0.3 is 10.6 Å². The average Bonchev–Trinajstić information content (AvgIpc) is 2.79. The van der Waals surface area contributed by atoms with Gasteiger partial charge in [0, 0.05) is 13.0 Å². The fourth-order valence-electron chi connectivity index (χ4n) is 1.81. The van der Waals surface area contributed by atoms with E-state index in [2.05, 4.69) is 15.4 Å². The van der Waals surface area contributed by atoms with E-state index >= 15 is 0 Å². The van der Waals surface area contributed by atoms with Gasteiger partial charge in [0.15, 0.2) is 0 Å². The molecule has 1 rings (SSSR count). The van der Waals surface area contributed by atoms with Gasteiger partial charge in [0.2, 0.25) is 15.9 Å². The quantitative estimate of drug-likeness (QED) is 0.552. The first-order valence-corrected chi connectivity index (χ1v) is 7.57. The molecule has 0 aromatic carbocycles. The van der Waals surface area contributed by atoms with Crippen LogP contribution in [0, 0.1) is 5.92 Å². The van der Waals surface area contributed by atoms with E-state index in [0.717, 1.165) is 25.9 Å². The van der Waals surface area contributed by atoms with E-state index < -0.39 is 10.0 Å². The summed E-state index contributed by atoms with van der Waals surface area (Å²) in [4.78, 5) is 11.4. The molecule has 0 aromatic rings. The van der Waals surface area contributed by atoms with Crippen LogP contribution in [-0.2, 0) is 14.8 Å². The van der Waals surface area contributed by atoms with Crippen molar-refractivity contribution in [1.82, 2.24) is 15.4 Å². The van der Waals surface area contributed by atoms with Crippen molar-refractivity contribution in [1.29, 1.82) is 0 Å². The molecular weight excluding hydrogens is 242 g/mol. The van der Waals surface area contributed by atoms with Gasteiger partial charge in [0.05, 0.1) is 5.75 Å². The number of carbonyl (C=O) groups excluding carboxylic acids is 1. The van der Waals surface area contributed by atoms with E-state index in [9.17, 15) is 13.2 Å². The number of rotatable bonds is 7. The molecule has 0 spiro atoms. The standard InChI is InChI=1S/C10H21N3O3S/c1-11-17(15,16)7-6-13-10(14)3-2-9-4-5-12-8-9/h9,11-12H,2-8H2,1H3,(H,13,14). The summed E-state index contributed by atoms with van der Waals surface area (Å²) >= 11 is 0. The Hall–Kier alpha value is -0.660. The molecule has 1 unspecified atom stereocenters. The van der Waals surface area contributed by atoms with Crippen molar-refractivity contribution < 1.29 is 13.2 Å². The maximum Gasteiger partial charge on any atom is 0.220 e. The first kappa shape index (κ1) is 14.4. The number of carbonyl (C=O) groups is 1. The second-order valence-electron chi connectivity index (χ2n) is 4.27. The smallest absolute Gasteiger partial charge is 0.220 e. The second kappa shape index (κ2) is 6.93. The van der Waals surface area contributed by atoms with Gasteiger partial charge in [-0.05, 0) is 38.9 Å². The minimum absolute atomic E-state index is 0.0665. The van der Waals surface area contributed by atoms with Crippen molar-refractivity contribution >= 4 is 15.9 Å². The highest BCUT2D eigenvalue weighted by molar-refractivity contribution is 7.89. The SMILES string of the molecule is CNS(=O)(=O)CCNC(=O)CCC1CCNC1. The molecule has 0 aromatic heterocycles. The molecule has 0 aliphatic carbocycles. The topological polar surface area (TPSA) is 87.3 Å². The minimum atomic E-state index is -3.22. The number of hydrogen-bond donors (Lipinski definition) is 3. The lowest BCUT2D eigenvalue weighted by atomic mass is 10.0.